The highest BCUT2D eigenvalue weighted by Gasteiger charge is 2.50. The third-order valence-corrected chi connectivity index (χ3v) is 4.70. The van der Waals surface area contributed by atoms with Crippen molar-refractivity contribution in [2.45, 2.75) is 37.0 Å². The molecule has 26 heavy (non-hydrogen) atoms. The predicted octanol–water partition coefficient (Wildman–Crippen LogP) is -2.41. The van der Waals surface area contributed by atoms with Crippen LogP contribution in [-0.4, -0.2) is 82.9 Å². The molecular weight excluding hydrogens is 352 g/mol. The van der Waals surface area contributed by atoms with Crippen LogP contribution in [-0.2, 0) is 28.5 Å². The van der Waals surface area contributed by atoms with Crippen molar-refractivity contribution in [1.82, 2.24) is 0 Å². The molecule has 0 radical (unpaired) electrons. The first-order chi connectivity index (χ1) is 12.4. The summed E-state index contributed by atoms with van der Waals surface area (Å²) in [5, 5.41) is 38.9. The van der Waals surface area contributed by atoms with Gasteiger partial charge in [-0.2, -0.15) is 0 Å². The molecule has 1 unspecified atom stereocenters. The molecule has 0 bridgehead atoms. The van der Waals surface area contributed by atoms with E-state index in [-0.39, 0.29) is 11.4 Å². The number of allylic oxidation sites excluding steroid dienone is 2. The van der Waals surface area contributed by atoms with Crippen molar-refractivity contribution in [1.29, 1.82) is 0 Å². The first-order valence-electron chi connectivity index (χ1n) is 8.01. The maximum atomic E-state index is 12.2. The van der Waals surface area contributed by atoms with E-state index < -0.39 is 61.4 Å². The Morgan fingerprint density at radius 1 is 1.19 bits per heavy atom. The Morgan fingerprint density at radius 2 is 1.92 bits per heavy atom. The first-order valence-corrected chi connectivity index (χ1v) is 8.01. The van der Waals surface area contributed by atoms with Crippen LogP contribution in [0.15, 0.2) is 24.0 Å². The van der Waals surface area contributed by atoms with Gasteiger partial charge in [0.25, 0.3) is 0 Å². The van der Waals surface area contributed by atoms with E-state index >= 15 is 0 Å². The third-order valence-electron chi connectivity index (χ3n) is 4.70. The monoisotopic (exact) mass is 372 g/mol. The number of aliphatic hydroxyl groups excluding tert-OH is 4. The summed E-state index contributed by atoms with van der Waals surface area (Å²) in [4.78, 5) is 24.0. The molecule has 3 rings (SSSR count). The number of carbonyl (C=O) groups excluding carboxylic acids is 2. The summed E-state index contributed by atoms with van der Waals surface area (Å²) in [6.45, 7) is -0.616. The topological polar surface area (TPSA) is 152 Å². The quantitative estimate of drug-likeness (QED) is 0.393. The third kappa shape index (κ3) is 3.15. The SMILES string of the molecule is COC(=O)C1=CO[C@@H](O[C@H]2O[C@H](CO)[C@@H](O)[C@H](O)[C@@H]2O)C2C(=O)C=C[C@@H]12. The smallest absolute Gasteiger partial charge is 0.337 e. The summed E-state index contributed by atoms with van der Waals surface area (Å²) in [6, 6.07) is 0. The zero-order valence-corrected chi connectivity index (χ0v) is 13.8. The lowest BCUT2D eigenvalue weighted by Gasteiger charge is -2.42. The molecule has 0 aromatic rings. The van der Waals surface area contributed by atoms with E-state index in [0.29, 0.717) is 0 Å². The largest absolute Gasteiger partial charge is 0.471 e. The fourth-order valence-corrected chi connectivity index (χ4v) is 3.24. The summed E-state index contributed by atoms with van der Waals surface area (Å²) >= 11 is 0. The van der Waals surface area contributed by atoms with Crippen LogP contribution in [0, 0.1) is 11.8 Å². The maximum Gasteiger partial charge on any atom is 0.337 e. The summed E-state index contributed by atoms with van der Waals surface area (Å²) in [6.07, 6.45) is -4.67. The second-order valence-corrected chi connectivity index (χ2v) is 6.22. The highest BCUT2D eigenvalue weighted by Crippen LogP contribution is 2.39. The van der Waals surface area contributed by atoms with Crippen molar-refractivity contribution in [3.05, 3.63) is 24.0 Å². The van der Waals surface area contributed by atoms with Crippen LogP contribution in [0.2, 0.25) is 0 Å². The van der Waals surface area contributed by atoms with E-state index in [4.69, 9.17) is 14.2 Å². The molecule has 1 aliphatic carbocycles. The van der Waals surface area contributed by atoms with Crippen molar-refractivity contribution in [2.75, 3.05) is 13.7 Å². The van der Waals surface area contributed by atoms with Crippen LogP contribution in [0.4, 0.5) is 0 Å². The van der Waals surface area contributed by atoms with Gasteiger partial charge in [0.15, 0.2) is 12.1 Å². The second kappa shape index (κ2) is 7.43. The van der Waals surface area contributed by atoms with Crippen LogP contribution in [0.1, 0.15) is 0 Å². The fourth-order valence-electron chi connectivity index (χ4n) is 3.24. The number of ketones is 1. The van der Waals surface area contributed by atoms with Gasteiger partial charge in [-0.3, -0.25) is 4.79 Å². The molecule has 1 fully saturated rings. The fraction of sp³-hybridized carbons (Fsp3) is 0.625. The summed E-state index contributed by atoms with van der Waals surface area (Å²) in [7, 11) is 1.20. The molecule has 0 spiro atoms. The van der Waals surface area contributed by atoms with Gasteiger partial charge in [0.2, 0.25) is 6.29 Å². The number of aliphatic hydroxyl groups is 4. The molecule has 2 aliphatic heterocycles. The normalized spacial score (nSPS) is 42.0. The van der Waals surface area contributed by atoms with Crippen molar-refractivity contribution < 1.29 is 49.0 Å². The van der Waals surface area contributed by atoms with Gasteiger partial charge in [-0.05, 0) is 6.08 Å². The van der Waals surface area contributed by atoms with Crippen LogP contribution in [0.5, 0.6) is 0 Å². The predicted molar refractivity (Wildman–Crippen MR) is 81.0 cm³/mol. The molecule has 0 saturated carbocycles. The summed E-state index contributed by atoms with van der Waals surface area (Å²) in [5.41, 5.74) is 0.147. The van der Waals surface area contributed by atoms with Gasteiger partial charge in [-0.25, -0.2) is 4.79 Å². The highest BCUT2D eigenvalue weighted by molar-refractivity contribution is 5.99. The number of carbonyl (C=O) groups is 2. The number of hydrogen-bond donors (Lipinski definition) is 4. The van der Waals surface area contributed by atoms with Crippen molar-refractivity contribution in [3.63, 3.8) is 0 Å². The van der Waals surface area contributed by atoms with Gasteiger partial charge >= 0.3 is 5.97 Å². The number of hydrogen-bond acceptors (Lipinski definition) is 10. The molecule has 0 aromatic carbocycles. The first kappa shape index (κ1) is 19.0. The van der Waals surface area contributed by atoms with Crippen LogP contribution in [0.3, 0.4) is 0 Å². The lowest BCUT2D eigenvalue weighted by atomic mass is 9.86. The van der Waals surface area contributed by atoms with Gasteiger partial charge < -0.3 is 39.4 Å². The van der Waals surface area contributed by atoms with Crippen molar-refractivity contribution in [3.8, 4) is 0 Å². The van der Waals surface area contributed by atoms with Gasteiger partial charge in [0, 0.05) is 5.92 Å². The molecule has 8 atom stereocenters. The molecule has 4 N–H and O–H groups in total. The minimum absolute atomic E-state index is 0.147. The second-order valence-electron chi connectivity index (χ2n) is 6.22. The average molecular weight is 372 g/mol. The number of ether oxygens (including phenoxy) is 4. The van der Waals surface area contributed by atoms with E-state index in [1.54, 1.807) is 0 Å². The number of rotatable bonds is 4. The summed E-state index contributed by atoms with van der Waals surface area (Å²) < 4.78 is 20.8. The molecule has 10 nitrogen and oxygen atoms in total. The highest BCUT2D eigenvalue weighted by atomic mass is 16.8. The minimum Gasteiger partial charge on any atom is -0.471 e. The van der Waals surface area contributed by atoms with Crippen LogP contribution >= 0.6 is 0 Å². The number of methoxy groups -OCH3 is 1. The lowest BCUT2D eigenvalue weighted by molar-refractivity contribution is -0.338. The van der Waals surface area contributed by atoms with E-state index in [2.05, 4.69) is 4.74 Å². The van der Waals surface area contributed by atoms with Gasteiger partial charge in [-0.15, -0.1) is 0 Å². The van der Waals surface area contributed by atoms with E-state index in [1.807, 2.05) is 0 Å². The molecule has 0 amide bonds. The van der Waals surface area contributed by atoms with Crippen molar-refractivity contribution in [2.24, 2.45) is 11.8 Å². The number of fused-ring (bicyclic) bond motifs is 1. The zero-order chi connectivity index (χ0) is 19.0. The van der Waals surface area contributed by atoms with Gasteiger partial charge in [0.05, 0.1) is 31.5 Å². The Balaban J connectivity index is 1.78. The number of esters is 1. The Labute approximate surface area is 148 Å². The van der Waals surface area contributed by atoms with Gasteiger partial charge in [-0.1, -0.05) is 6.08 Å². The molecule has 2 heterocycles. The Bertz CT molecular complexity index is 627. The standard InChI is InChI=1S/C16H20O10/c1-23-14(22)7-5-24-15(10-6(7)2-3-8(10)18)26-16-13(21)12(20)11(19)9(4-17)25-16/h2-3,5-6,9-13,15-17,19-21H,4H2,1H3/t6-,9+,10?,11+,12-,13-,15-,16+/m0/s1. The molecule has 144 valence electrons. The van der Waals surface area contributed by atoms with Gasteiger partial charge in [0.1, 0.15) is 24.4 Å². The molecular formula is C16H20O10. The molecule has 0 aromatic heterocycles. The Kier molecular flexibility index (Phi) is 5.42. The van der Waals surface area contributed by atoms with Crippen LogP contribution < -0.4 is 0 Å². The van der Waals surface area contributed by atoms with Crippen LogP contribution in [0.25, 0.3) is 0 Å². The van der Waals surface area contributed by atoms with E-state index in [1.165, 1.54) is 19.3 Å². The van der Waals surface area contributed by atoms with Crippen molar-refractivity contribution >= 4 is 11.8 Å². The maximum absolute atomic E-state index is 12.2. The van der Waals surface area contributed by atoms with E-state index in [0.717, 1.165) is 6.26 Å². The molecule has 1 saturated heterocycles. The minimum atomic E-state index is -1.63. The Hall–Kier alpha value is -1.82. The lowest BCUT2D eigenvalue weighted by Crippen LogP contribution is -2.60. The zero-order valence-electron chi connectivity index (χ0n) is 13.8. The molecule has 10 heteroatoms. The average Bonchev–Trinajstić information content (AvgIpc) is 3.04. The molecule has 3 aliphatic rings. The Morgan fingerprint density at radius 3 is 2.58 bits per heavy atom. The van der Waals surface area contributed by atoms with E-state index in [9.17, 15) is 30.0 Å². The summed E-state index contributed by atoms with van der Waals surface area (Å²) in [5.74, 6) is -2.52.